The van der Waals surface area contributed by atoms with Crippen LogP contribution in [0.25, 0.3) is 0 Å². The summed E-state index contributed by atoms with van der Waals surface area (Å²) in [6.07, 6.45) is 8.10. The summed E-state index contributed by atoms with van der Waals surface area (Å²) in [7, 11) is 0. The fourth-order valence-corrected chi connectivity index (χ4v) is 3.91. The van der Waals surface area contributed by atoms with Crippen molar-refractivity contribution < 1.29 is 0 Å². The first-order valence-corrected chi connectivity index (χ1v) is 8.60. The summed E-state index contributed by atoms with van der Waals surface area (Å²) in [6, 6.07) is 9.00. The maximum atomic E-state index is 5.99. The van der Waals surface area contributed by atoms with Gasteiger partial charge in [0.25, 0.3) is 0 Å². The Morgan fingerprint density at radius 1 is 1.15 bits per heavy atom. The van der Waals surface area contributed by atoms with Gasteiger partial charge in [-0.1, -0.05) is 63.3 Å². The first-order chi connectivity index (χ1) is 9.74. The molecule has 1 fully saturated rings. The zero-order valence-electron chi connectivity index (χ0n) is 12.9. The van der Waals surface area contributed by atoms with Gasteiger partial charge in [0.1, 0.15) is 0 Å². The molecule has 112 valence electrons. The summed E-state index contributed by atoms with van der Waals surface area (Å²) in [6.45, 7) is 5.64. The highest BCUT2D eigenvalue weighted by Crippen LogP contribution is 2.35. The predicted molar refractivity (Wildman–Crippen MR) is 88.4 cm³/mol. The first-order valence-electron chi connectivity index (χ1n) is 8.22. The molecule has 20 heavy (non-hydrogen) atoms. The lowest BCUT2D eigenvalue weighted by Crippen LogP contribution is -2.42. The lowest BCUT2D eigenvalue weighted by Gasteiger charge is -2.37. The van der Waals surface area contributed by atoms with Crippen LogP contribution in [0.3, 0.4) is 0 Å². The average molecular weight is 294 g/mol. The van der Waals surface area contributed by atoms with Crippen LogP contribution < -0.4 is 5.32 Å². The Balaban J connectivity index is 2.06. The van der Waals surface area contributed by atoms with Crippen LogP contribution in [0.5, 0.6) is 0 Å². The summed E-state index contributed by atoms with van der Waals surface area (Å²) >= 11 is 5.99. The molecule has 0 bridgehead atoms. The summed E-state index contributed by atoms with van der Waals surface area (Å²) < 4.78 is 0. The Labute approximate surface area is 129 Å². The minimum atomic E-state index is 0.617. The highest BCUT2D eigenvalue weighted by molar-refractivity contribution is 6.30. The van der Waals surface area contributed by atoms with Gasteiger partial charge in [0.2, 0.25) is 0 Å². The van der Waals surface area contributed by atoms with Gasteiger partial charge in [-0.05, 0) is 48.9 Å². The summed E-state index contributed by atoms with van der Waals surface area (Å²) in [5.41, 5.74) is 1.40. The Morgan fingerprint density at radius 2 is 1.85 bits per heavy atom. The van der Waals surface area contributed by atoms with Gasteiger partial charge in [0.15, 0.2) is 0 Å². The molecule has 0 heterocycles. The van der Waals surface area contributed by atoms with Crippen LogP contribution in [-0.2, 0) is 6.42 Å². The number of hydrogen-bond donors (Lipinski definition) is 1. The van der Waals surface area contributed by atoms with E-state index in [0.29, 0.717) is 6.04 Å². The minimum Gasteiger partial charge on any atom is -0.314 e. The van der Waals surface area contributed by atoms with Gasteiger partial charge < -0.3 is 5.32 Å². The number of rotatable bonds is 6. The molecule has 2 heteroatoms. The molecule has 1 aromatic rings. The number of benzene rings is 1. The number of hydrogen-bond acceptors (Lipinski definition) is 1. The van der Waals surface area contributed by atoms with Crippen molar-refractivity contribution in [1.82, 2.24) is 5.32 Å². The second kappa shape index (κ2) is 8.05. The molecule has 0 saturated heterocycles. The second-order valence-corrected chi connectivity index (χ2v) is 6.55. The van der Waals surface area contributed by atoms with Crippen LogP contribution in [0, 0.1) is 11.8 Å². The molecule has 0 aliphatic heterocycles. The van der Waals surface area contributed by atoms with E-state index in [1.54, 1.807) is 0 Å². The van der Waals surface area contributed by atoms with Gasteiger partial charge >= 0.3 is 0 Å². The topological polar surface area (TPSA) is 12.0 Å². The molecular weight excluding hydrogens is 266 g/mol. The van der Waals surface area contributed by atoms with Crippen LogP contribution in [-0.4, -0.2) is 12.6 Å². The van der Waals surface area contributed by atoms with Gasteiger partial charge in [-0.25, -0.2) is 0 Å². The van der Waals surface area contributed by atoms with E-state index < -0.39 is 0 Å². The van der Waals surface area contributed by atoms with Gasteiger partial charge in [-0.2, -0.15) is 0 Å². The van der Waals surface area contributed by atoms with Crippen molar-refractivity contribution in [3.05, 3.63) is 34.9 Å². The molecule has 1 nitrogen and oxygen atoms in total. The van der Waals surface area contributed by atoms with E-state index in [-0.39, 0.29) is 0 Å². The molecule has 1 aliphatic carbocycles. The maximum Gasteiger partial charge on any atom is 0.0406 e. The molecule has 0 radical (unpaired) electrons. The first kappa shape index (κ1) is 15.9. The predicted octanol–water partition coefficient (Wildman–Crippen LogP) is 5.08. The smallest absolute Gasteiger partial charge is 0.0406 e. The molecule has 3 unspecified atom stereocenters. The second-order valence-electron chi connectivity index (χ2n) is 6.11. The Bertz CT molecular complexity index is 387. The van der Waals surface area contributed by atoms with Crippen molar-refractivity contribution in [2.45, 2.75) is 58.4 Å². The number of halogens is 1. The third kappa shape index (κ3) is 4.23. The van der Waals surface area contributed by atoms with E-state index in [1.807, 2.05) is 12.1 Å². The SMILES string of the molecule is CCNC(Cc1ccc(Cl)cc1)C1CCCCC1CC. The molecular formula is C18H28ClN. The van der Waals surface area contributed by atoms with Crippen molar-refractivity contribution in [2.24, 2.45) is 11.8 Å². The van der Waals surface area contributed by atoms with E-state index in [2.05, 4.69) is 31.3 Å². The minimum absolute atomic E-state index is 0.617. The molecule has 0 spiro atoms. The third-order valence-corrected chi connectivity index (χ3v) is 5.10. The zero-order valence-corrected chi connectivity index (χ0v) is 13.6. The van der Waals surface area contributed by atoms with Crippen LogP contribution in [0.15, 0.2) is 24.3 Å². The highest BCUT2D eigenvalue weighted by Gasteiger charge is 2.30. The fourth-order valence-electron chi connectivity index (χ4n) is 3.78. The van der Waals surface area contributed by atoms with E-state index in [1.165, 1.54) is 37.7 Å². The molecule has 1 N–H and O–H groups in total. The van der Waals surface area contributed by atoms with Crippen molar-refractivity contribution in [2.75, 3.05) is 6.54 Å². The summed E-state index contributed by atoms with van der Waals surface area (Å²) in [5.74, 6) is 1.74. The molecule has 0 aromatic heterocycles. The largest absolute Gasteiger partial charge is 0.314 e. The summed E-state index contributed by atoms with van der Waals surface area (Å²) in [5, 5.41) is 4.58. The quantitative estimate of drug-likeness (QED) is 0.771. The maximum absolute atomic E-state index is 5.99. The van der Waals surface area contributed by atoms with Crippen molar-refractivity contribution in [1.29, 1.82) is 0 Å². The van der Waals surface area contributed by atoms with E-state index >= 15 is 0 Å². The van der Waals surface area contributed by atoms with Gasteiger partial charge in [0.05, 0.1) is 0 Å². The molecule has 2 rings (SSSR count). The Hall–Kier alpha value is -0.530. The van der Waals surface area contributed by atoms with Gasteiger partial charge in [0, 0.05) is 11.1 Å². The molecule has 3 atom stereocenters. The Kier molecular flexibility index (Phi) is 6.38. The van der Waals surface area contributed by atoms with E-state index in [4.69, 9.17) is 11.6 Å². The van der Waals surface area contributed by atoms with Crippen LogP contribution in [0.4, 0.5) is 0 Å². The summed E-state index contributed by atoms with van der Waals surface area (Å²) in [4.78, 5) is 0. The number of likely N-dealkylation sites (N-methyl/N-ethyl adjacent to an activating group) is 1. The lowest BCUT2D eigenvalue weighted by atomic mass is 9.72. The lowest BCUT2D eigenvalue weighted by molar-refractivity contribution is 0.175. The van der Waals surface area contributed by atoms with Crippen molar-refractivity contribution in [3.8, 4) is 0 Å². The molecule has 1 aromatic carbocycles. The Morgan fingerprint density at radius 3 is 2.50 bits per heavy atom. The molecule has 1 saturated carbocycles. The standard InChI is InChI=1S/C18H28ClN/c1-3-15-7-5-6-8-17(15)18(20-4-2)13-14-9-11-16(19)12-10-14/h9-12,15,17-18,20H,3-8,13H2,1-2H3. The number of nitrogens with one attached hydrogen (secondary N) is 1. The average Bonchev–Trinajstić information content (AvgIpc) is 2.49. The van der Waals surface area contributed by atoms with E-state index in [0.717, 1.165) is 29.8 Å². The fraction of sp³-hybridized carbons (Fsp3) is 0.667. The normalized spacial score (nSPS) is 24.6. The monoisotopic (exact) mass is 293 g/mol. The van der Waals surface area contributed by atoms with Crippen molar-refractivity contribution >= 4 is 11.6 Å². The molecule has 1 aliphatic rings. The highest BCUT2D eigenvalue weighted by atomic mass is 35.5. The van der Waals surface area contributed by atoms with Crippen LogP contribution in [0.1, 0.15) is 51.5 Å². The van der Waals surface area contributed by atoms with Gasteiger partial charge in [-0.3, -0.25) is 0 Å². The van der Waals surface area contributed by atoms with Crippen LogP contribution in [0.2, 0.25) is 5.02 Å². The molecule has 0 amide bonds. The zero-order chi connectivity index (χ0) is 14.4. The van der Waals surface area contributed by atoms with Crippen LogP contribution >= 0.6 is 11.6 Å². The van der Waals surface area contributed by atoms with Gasteiger partial charge in [-0.15, -0.1) is 0 Å². The third-order valence-electron chi connectivity index (χ3n) is 4.84. The van der Waals surface area contributed by atoms with E-state index in [9.17, 15) is 0 Å². The van der Waals surface area contributed by atoms with Crippen molar-refractivity contribution in [3.63, 3.8) is 0 Å².